The first kappa shape index (κ1) is 18.3. The summed E-state index contributed by atoms with van der Waals surface area (Å²) in [5, 5.41) is 17.0. The number of benzene rings is 2. The molecule has 0 heterocycles. The van der Waals surface area contributed by atoms with Crippen LogP contribution in [-0.4, -0.2) is 29.5 Å². The third-order valence-corrected chi connectivity index (χ3v) is 3.75. The molecule has 0 fully saturated rings. The Morgan fingerprint density at radius 3 is 2.56 bits per heavy atom. The highest BCUT2D eigenvalue weighted by atomic mass is 79.9. The number of hydrogen-bond donors (Lipinski definition) is 2. The van der Waals surface area contributed by atoms with Crippen molar-refractivity contribution in [2.24, 2.45) is 5.10 Å². The van der Waals surface area contributed by atoms with E-state index in [2.05, 4.69) is 31.8 Å². The molecular weight excluding hydrogens is 392 g/mol. The zero-order valence-electron chi connectivity index (χ0n) is 12.8. The van der Waals surface area contributed by atoms with Crippen LogP contribution in [0.15, 0.2) is 58.1 Å². The van der Waals surface area contributed by atoms with Gasteiger partial charge in [-0.25, -0.2) is 5.43 Å². The van der Waals surface area contributed by atoms with Crippen LogP contribution in [0.5, 0.6) is 0 Å². The van der Waals surface area contributed by atoms with Gasteiger partial charge in [0.15, 0.2) is 0 Å². The summed E-state index contributed by atoms with van der Waals surface area (Å²) in [4.78, 5) is 34.0. The number of nitrogens with zero attached hydrogens (tertiary/aromatic N) is 2. The van der Waals surface area contributed by atoms with E-state index in [1.54, 1.807) is 30.3 Å². The van der Waals surface area contributed by atoms with Crippen molar-refractivity contribution in [3.8, 4) is 0 Å². The monoisotopic (exact) mass is 404 g/mol. The molecule has 0 spiro atoms. The van der Waals surface area contributed by atoms with Gasteiger partial charge in [-0.05, 0) is 34.1 Å². The number of amides is 2. The average molecular weight is 405 g/mol. The van der Waals surface area contributed by atoms with E-state index in [0.29, 0.717) is 10.0 Å². The summed E-state index contributed by atoms with van der Waals surface area (Å²) in [5.41, 5.74) is 2.73. The molecule has 2 N–H and O–H groups in total. The van der Waals surface area contributed by atoms with Crippen molar-refractivity contribution in [1.29, 1.82) is 0 Å². The zero-order valence-corrected chi connectivity index (χ0v) is 14.4. The Morgan fingerprint density at radius 2 is 1.84 bits per heavy atom. The second-order valence-electron chi connectivity index (χ2n) is 4.77. The Balaban J connectivity index is 1.88. The van der Waals surface area contributed by atoms with E-state index in [1.807, 2.05) is 0 Å². The lowest BCUT2D eigenvalue weighted by Crippen LogP contribution is -2.35. The highest BCUT2D eigenvalue weighted by Crippen LogP contribution is 2.16. The van der Waals surface area contributed by atoms with Gasteiger partial charge in [-0.1, -0.05) is 24.3 Å². The maximum atomic E-state index is 12.0. The minimum atomic E-state index is -0.560. The summed E-state index contributed by atoms with van der Waals surface area (Å²) in [6, 6.07) is 12.8. The van der Waals surface area contributed by atoms with Crippen molar-refractivity contribution in [1.82, 2.24) is 10.7 Å². The average Bonchev–Trinajstić information content (AvgIpc) is 2.60. The summed E-state index contributed by atoms with van der Waals surface area (Å²) in [5.74, 6) is -0.972. The van der Waals surface area contributed by atoms with E-state index in [0.717, 1.165) is 0 Å². The molecule has 0 aliphatic rings. The van der Waals surface area contributed by atoms with E-state index < -0.39 is 16.7 Å². The van der Waals surface area contributed by atoms with E-state index in [-0.39, 0.29) is 17.8 Å². The zero-order chi connectivity index (χ0) is 18.2. The lowest BCUT2D eigenvalue weighted by atomic mass is 10.2. The number of nitrogens with one attached hydrogen (secondary N) is 2. The van der Waals surface area contributed by atoms with Crippen molar-refractivity contribution in [3.63, 3.8) is 0 Å². The smallest absolute Gasteiger partial charge is 0.278 e. The molecule has 128 valence electrons. The van der Waals surface area contributed by atoms with Gasteiger partial charge in [-0.15, -0.1) is 0 Å². The van der Waals surface area contributed by atoms with Crippen LogP contribution in [0, 0.1) is 10.1 Å². The first-order valence-electron chi connectivity index (χ1n) is 7.07. The van der Waals surface area contributed by atoms with Crippen molar-refractivity contribution >= 4 is 39.6 Å². The van der Waals surface area contributed by atoms with Gasteiger partial charge in [0.2, 0.25) is 0 Å². The number of nitro benzene ring substituents is 1. The SMILES string of the molecule is O=C(CNC(=O)c1ccccc1Br)N/N=C\c1ccccc1[N+](=O)[O-]. The highest BCUT2D eigenvalue weighted by molar-refractivity contribution is 9.10. The number of hydrogen-bond acceptors (Lipinski definition) is 5. The van der Waals surface area contributed by atoms with Crippen LogP contribution < -0.4 is 10.7 Å². The number of hydrazone groups is 1. The number of halogens is 1. The molecule has 0 radical (unpaired) electrons. The largest absolute Gasteiger partial charge is 0.343 e. The van der Waals surface area contributed by atoms with Crippen LogP contribution in [0.2, 0.25) is 0 Å². The van der Waals surface area contributed by atoms with Crippen molar-refractivity contribution < 1.29 is 14.5 Å². The summed E-state index contributed by atoms with van der Waals surface area (Å²) in [6.07, 6.45) is 1.17. The molecule has 9 heteroatoms. The quantitative estimate of drug-likeness (QED) is 0.436. The molecule has 0 aliphatic carbocycles. The van der Waals surface area contributed by atoms with E-state index in [1.165, 1.54) is 24.4 Å². The third kappa shape index (κ3) is 5.21. The predicted octanol–water partition coefficient (Wildman–Crippen LogP) is 2.24. The van der Waals surface area contributed by atoms with Crippen molar-refractivity contribution in [2.45, 2.75) is 0 Å². The number of nitro groups is 1. The molecular formula is C16H13BrN4O4. The maximum absolute atomic E-state index is 12.0. The Kier molecular flexibility index (Phi) is 6.35. The third-order valence-electron chi connectivity index (χ3n) is 3.05. The summed E-state index contributed by atoms with van der Waals surface area (Å²) >= 11 is 3.25. The van der Waals surface area contributed by atoms with Gasteiger partial charge in [-0.2, -0.15) is 5.10 Å². The minimum Gasteiger partial charge on any atom is -0.343 e. The molecule has 8 nitrogen and oxygen atoms in total. The maximum Gasteiger partial charge on any atom is 0.278 e. The lowest BCUT2D eigenvalue weighted by Gasteiger charge is -2.05. The Labute approximate surface area is 151 Å². The number of carbonyl (C=O) groups excluding carboxylic acids is 2. The molecule has 0 unspecified atom stereocenters. The normalized spacial score (nSPS) is 10.4. The van der Waals surface area contributed by atoms with Gasteiger partial charge in [-0.3, -0.25) is 19.7 Å². The molecule has 2 aromatic rings. The van der Waals surface area contributed by atoms with E-state index >= 15 is 0 Å². The Hall–Kier alpha value is -3.07. The fourth-order valence-electron chi connectivity index (χ4n) is 1.88. The first-order valence-corrected chi connectivity index (χ1v) is 7.86. The second kappa shape index (κ2) is 8.69. The Morgan fingerprint density at radius 1 is 1.16 bits per heavy atom. The van der Waals surface area contributed by atoms with Gasteiger partial charge in [0.05, 0.1) is 28.8 Å². The number of rotatable bonds is 6. The topological polar surface area (TPSA) is 114 Å². The molecule has 0 saturated carbocycles. The second-order valence-corrected chi connectivity index (χ2v) is 5.63. The fraction of sp³-hybridized carbons (Fsp3) is 0.0625. The molecule has 0 saturated heterocycles. The standard InChI is InChI=1S/C16H13BrN4O4/c17-13-7-3-2-6-12(13)16(23)18-10-15(22)20-19-9-11-5-1-4-8-14(11)21(24)25/h1-9H,10H2,(H,18,23)(H,20,22)/b19-9-. The summed E-state index contributed by atoms with van der Waals surface area (Å²) in [7, 11) is 0. The van der Waals surface area contributed by atoms with Gasteiger partial charge in [0.1, 0.15) is 0 Å². The van der Waals surface area contributed by atoms with Gasteiger partial charge in [0, 0.05) is 10.5 Å². The van der Waals surface area contributed by atoms with Crippen LogP contribution in [0.4, 0.5) is 5.69 Å². The summed E-state index contributed by atoms with van der Waals surface area (Å²) in [6.45, 7) is -0.283. The molecule has 25 heavy (non-hydrogen) atoms. The molecule has 2 amide bonds. The molecule has 0 aromatic heterocycles. The van der Waals surface area contributed by atoms with Gasteiger partial charge in [0.25, 0.3) is 17.5 Å². The molecule has 0 bridgehead atoms. The van der Waals surface area contributed by atoms with Crippen LogP contribution in [0.3, 0.4) is 0 Å². The highest BCUT2D eigenvalue weighted by Gasteiger charge is 2.11. The first-order chi connectivity index (χ1) is 12.0. The van der Waals surface area contributed by atoms with Gasteiger partial charge >= 0.3 is 0 Å². The van der Waals surface area contributed by atoms with E-state index in [9.17, 15) is 19.7 Å². The molecule has 0 aliphatic heterocycles. The number of carbonyl (C=O) groups is 2. The molecule has 0 atom stereocenters. The Bertz CT molecular complexity index is 838. The molecule has 2 aromatic carbocycles. The van der Waals surface area contributed by atoms with Crippen molar-refractivity contribution in [2.75, 3.05) is 6.54 Å². The number of para-hydroxylation sites is 1. The van der Waals surface area contributed by atoms with E-state index in [4.69, 9.17) is 0 Å². The van der Waals surface area contributed by atoms with Crippen LogP contribution in [0.1, 0.15) is 15.9 Å². The van der Waals surface area contributed by atoms with Crippen LogP contribution in [0.25, 0.3) is 0 Å². The fourth-order valence-corrected chi connectivity index (χ4v) is 2.34. The minimum absolute atomic E-state index is 0.122. The van der Waals surface area contributed by atoms with Gasteiger partial charge < -0.3 is 5.32 Å². The van der Waals surface area contributed by atoms with Crippen LogP contribution >= 0.6 is 15.9 Å². The molecule has 2 rings (SSSR count). The summed E-state index contributed by atoms with van der Waals surface area (Å²) < 4.78 is 0.613. The predicted molar refractivity (Wildman–Crippen MR) is 95.3 cm³/mol. The van der Waals surface area contributed by atoms with Crippen LogP contribution in [-0.2, 0) is 4.79 Å². The van der Waals surface area contributed by atoms with Crippen molar-refractivity contribution in [3.05, 3.63) is 74.2 Å². The lowest BCUT2D eigenvalue weighted by molar-refractivity contribution is -0.385.